The molecule has 0 bridgehead atoms. The second-order valence-corrected chi connectivity index (χ2v) is 6.25. The summed E-state index contributed by atoms with van der Waals surface area (Å²) in [6.45, 7) is 4.99. The minimum absolute atomic E-state index is 0. The zero-order valence-corrected chi connectivity index (χ0v) is 16.5. The van der Waals surface area contributed by atoms with Gasteiger partial charge in [0.15, 0.2) is 4.80 Å². The molecule has 0 atom stereocenters. The van der Waals surface area contributed by atoms with Gasteiger partial charge in [0.25, 0.3) is 5.69 Å². The summed E-state index contributed by atoms with van der Waals surface area (Å²) in [6, 6.07) is 16.7. The highest BCUT2D eigenvalue weighted by atomic mass is 79.9. The molecule has 0 aliphatic rings. The first-order chi connectivity index (χ1) is 12.2. The molecule has 2 aromatic carbocycles. The summed E-state index contributed by atoms with van der Waals surface area (Å²) in [5.74, 6) is 0. The van der Waals surface area contributed by atoms with Gasteiger partial charge in [-0.2, -0.15) is 0 Å². The Balaban J connectivity index is 0.00000243. The van der Waals surface area contributed by atoms with E-state index in [1.54, 1.807) is 18.2 Å². The lowest BCUT2D eigenvalue weighted by atomic mass is 10.1. The van der Waals surface area contributed by atoms with Crippen LogP contribution in [0, 0.1) is 10.1 Å². The number of allylic oxidation sites excluding steroid dienone is 1. The van der Waals surface area contributed by atoms with Gasteiger partial charge in [0.2, 0.25) is 0 Å². The van der Waals surface area contributed by atoms with E-state index in [4.69, 9.17) is 4.99 Å². The maximum absolute atomic E-state index is 11.0. The molecule has 1 heterocycles. The molecule has 0 aliphatic heterocycles. The molecule has 0 saturated heterocycles. The quantitative estimate of drug-likeness (QED) is 0.313. The second-order valence-electron chi connectivity index (χ2n) is 5.41. The van der Waals surface area contributed by atoms with Crippen LogP contribution in [0.5, 0.6) is 0 Å². The molecule has 0 unspecified atom stereocenters. The number of thiazole rings is 1. The SMILES string of the molecule is Br.C=CCn1c(-c2cccc([N+](=O)[O-])c2)csc1=NCc1ccccc1. The maximum atomic E-state index is 11.0. The number of rotatable bonds is 6. The van der Waals surface area contributed by atoms with Crippen LogP contribution >= 0.6 is 28.3 Å². The van der Waals surface area contributed by atoms with Crippen molar-refractivity contribution in [2.75, 3.05) is 0 Å². The third kappa shape index (κ3) is 4.56. The first-order valence-corrected chi connectivity index (χ1v) is 8.65. The van der Waals surface area contributed by atoms with Crippen molar-refractivity contribution < 1.29 is 4.92 Å². The van der Waals surface area contributed by atoms with Crippen molar-refractivity contribution in [3.8, 4) is 11.3 Å². The molecule has 0 aliphatic carbocycles. The third-order valence-corrected chi connectivity index (χ3v) is 4.60. The Morgan fingerprint density at radius 1 is 1.19 bits per heavy atom. The number of halogens is 1. The van der Waals surface area contributed by atoms with E-state index in [9.17, 15) is 10.1 Å². The fraction of sp³-hybridized carbons (Fsp3) is 0.105. The van der Waals surface area contributed by atoms with Crippen molar-refractivity contribution in [3.63, 3.8) is 0 Å². The summed E-state index contributed by atoms with van der Waals surface area (Å²) in [5, 5.41) is 13.0. The number of hydrogen-bond acceptors (Lipinski definition) is 4. The fourth-order valence-corrected chi connectivity index (χ4v) is 3.43. The molecule has 0 radical (unpaired) electrons. The third-order valence-electron chi connectivity index (χ3n) is 3.70. The molecule has 0 N–H and O–H groups in total. The Bertz CT molecular complexity index is 964. The van der Waals surface area contributed by atoms with E-state index in [-0.39, 0.29) is 27.6 Å². The summed E-state index contributed by atoms with van der Waals surface area (Å²) in [4.78, 5) is 16.2. The summed E-state index contributed by atoms with van der Waals surface area (Å²) in [5.41, 5.74) is 2.92. The van der Waals surface area contributed by atoms with Gasteiger partial charge < -0.3 is 4.57 Å². The predicted molar refractivity (Wildman–Crippen MR) is 111 cm³/mol. The Hall–Kier alpha value is -2.51. The molecule has 26 heavy (non-hydrogen) atoms. The molecular weight excluding hydrogens is 414 g/mol. The van der Waals surface area contributed by atoms with Gasteiger partial charge in [-0.1, -0.05) is 48.5 Å². The molecule has 134 valence electrons. The largest absolute Gasteiger partial charge is 0.313 e. The highest BCUT2D eigenvalue weighted by Crippen LogP contribution is 2.24. The number of nitro benzene ring substituents is 1. The van der Waals surface area contributed by atoms with E-state index in [0.717, 1.165) is 21.6 Å². The molecular formula is C19H18BrN3O2S. The van der Waals surface area contributed by atoms with Gasteiger partial charge >= 0.3 is 0 Å². The van der Waals surface area contributed by atoms with Crippen LogP contribution in [0.25, 0.3) is 11.3 Å². The molecule has 0 saturated carbocycles. The Labute approximate surface area is 165 Å². The highest BCUT2D eigenvalue weighted by molar-refractivity contribution is 8.93. The van der Waals surface area contributed by atoms with Gasteiger partial charge in [-0.3, -0.25) is 15.1 Å². The number of nitro groups is 1. The highest BCUT2D eigenvalue weighted by Gasteiger charge is 2.11. The minimum Gasteiger partial charge on any atom is -0.313 e. The van der Waals surface area contributed by atoms with E-state index in [1.165, 1.54) is 17.4 Å². The molecule has 3 aromatic rings. The van der Waals surface area contributed by atoms with Crippen molar-refractivity contribution in [2.24, 2.45) is 4.99 Å². The van der Waals surface area contributed by atoms with E-state index in [2.05, 4.69) is 6.58 Å². The molecule has 5 nitrogen and oxygen atoms in total. The molecule has 0 fully saturated rings. The van der Waals surface area contributed by atoms with Gasteiger partial charge in [0, 0.05) is 29.6 Å². The van der Waals surface area contributed by atoms with Crippen molar-refractivity contribution in [3.05, 3.63) is 93.1 Å². The molecule has 7 heteroatoms. The minimum atomic E-state index is -0.381. The van der Waals surface area contributed by atoms with Crippen LogP contribution in [-0.4, -0.2) is 9.49 Å². The lowest BCUT2D eigenvalue weighted by Crippen LogP contribution is -2.15. The predicted octanol–water partition coefficient (Wildman–Crippen LogP) is 4.99. The Morgan fingerprint density at radius 2 is 1.96 bits per heavy atom. The molecule has 1 aromatic heterocycles. The summed E-state index contributed by atoms with van der Waals surface area (Å²) in [7, 11) is 0. The van der Waals surface area contributed by atoms with Crippen molar-refractivity contribution >= 4 is 34.0 Å². The van der Waals surface area contributed by atoms with Crippen LogP contribution in [-0.2, 0) is 13.1 Å². The zero-order chi connectivity index (χ0) is 17.6. The van der Waals surface area contributed by atoms with Crippen molar-refractivity contribution in [2.45, 2.75) is 13.1 Å². The van der Waals surface area contributed by atoms with Gasteiger partial charge in [-0.15, -0.1) is 34.9 Å². The average Bonchev–Trinajstić information content (AvgIpc) is 3.04. The fourth-order valence-electron chi connectivity index (χ4n) is 2.51. The van der Waals surface area contributed by atoms with Crippen LogP contribution in [0.3, 0.4) is 0 Å². The topological polar surface area (TPSA) is 60.4 Å². The van der Waals surface area contributed by atoms with Gasteiger partial charge in [0.1, 0.15) is 0 Å². The van der Waals surface area contributed by atoms with E-state index in [1.807, 2.05) is 46.3 Å². The van der Waals surface area contributed by atoms with Gasteiger partial charge in [0.05, 0.1) is 17.2 Å². The van der Waals surface area contributed by atoms with Crippen LogP contribution in [0.4, 0.5) is 5.69 Å². The Kier molecular flexibility index (Phi) is 7.06. The zero-order valence-electron chi connectivity index (χ0n) is 13.9. The number of aromatic nitrogens is 1. The van der Waals surface area contributed by atoms with Crippen LogP contribution in [0.2, 0.25) is 0 Å². The first kappa shape index (κ1) is 19.8. The maximum Gasteiger partial charge on any atom is 0.270 e. The number of benzene rings is 2. The first-order valence-electron chi connectivity index (χ1n) is 7.77. The average molecular weight is 432 g/mol. The molecule has 3 rings (SSSR count). The van der Waals surface area contributed by atoms with E-state index < -0.39 is 0 Å². The lowest BCUT2D eigenvalue weighted by Gasteiger charge is -2.06. The molecule has 0 spiro atoms. The number of nitrogens with zero attached hydrogens (tertiary/aromatic N) is 3. The van der Waals surface area contributed by atoms with Gasteiger partial charge in [-0.05, 0) is 5.56 Å². The summed E-state index contributed by atoms with van der Waals surface area (Å²) in [6.07, 6.45) is 1.80. The van der Waals surface area contributed by atoms with E-state index in [0.29, 0.717) is 13.1 Å². The number of non-ortho nitro benzene ring substituents is 1. The monoisotopic (exact) mass is 431 g/mol. The van der Waals surface area contributed by atoms with Crippen molar-refractivity contribution in [1.29, 1.82) is 0 Å². The second kappa shape index (κ2) is 9.26. The smallest absolute Gasteiger partial charge is 0.270 e. The molecule has 0 amide bonds. The standard InChI is InChI=1S/C19H17N3O2S.BrH/c1-2-11-21-18(16-9-6-10-17(12-16)22(23)24)14-25-19(21)20-13-15-7-4-3-5-8-15;/h2-10,12,14H,1,11,13H2;1H. The van der Waals surface area contributed by atoms with Crippen LogP contribution < -0.4 is 4.80 Å². The number of hydrogen-bond donors (Lipinski definition) is 0. The van der Waals surface area contributed by atoms with Crippen LogP contribution in [0.1, 0.15) is 5.56 Å². The van der Waals surface area contributed by atoms with Gasteiger partial charge in [-0.25, -0.2) is 0 Å². The van der Waals surface area contributed by atoms with E-state index >= 15 is 0 Å². The summed E-state index contributed by atoms with van der Waals surface area (Å²) >= 11 is 1.52. The van der Waals surface area contributed by atoms with Crippen LogP contribution in [0.15, 0.2) is 77.6 Å². The summed E-state index contributed by atoms with van der Waals surface area (Å²) < 4.78 is 2.03. The lowest BCUT2D eigenvalue weighted by molar-refractivity contribution is -0.384. The normalized spacial score (nSPS) is 11.0. The van der Waals surface area contributed by atoms with Crippen molar-refractivity contribution in [1.82, 2.24) is 4.57 Å². The Morgan fingerprint density at radius 3 is 2.65 bits per heavy atom.